The summed E-state index contributed by atoms with van der Waals surface area (Å²) in [6.45, 7) is 0. The van der Waals surface area contributed by atoms with Crippen LogP contribution in [-0.2, 0) is 19.7 Å². The third-order valence-corrected chi connectivity index (χ3v) is 9.38. The van der Waals surface area contributed by atoms with E-state index < -0.39 is 36.6 Å². The second kappa shape index (κ2) is 9.39. The van der Waals surface area contributed by atoms with Crippen molar-refractivity contribution in [3.63, 3.8) is 0 Å². The molecule has 4 aromatic rings. The maximum Gasteiger partial charge on any atom is 0.258 e. The maximum atomic E-state index is 13.4. The molecular formula is C24H20Cl2N4O5S2. The highest BCUT2D eigenvalue weighted by atomic mass is 35.5. The zero-order chi connectivity index (χ0) is 26.5. The second-order valence-corrected chi connectivity index (χ2v) is 13.8. The molecule has 0 spiro atoms. The van der Waals surface area contributed by atoms with Crippen molar-refractivity contribution < 1.29 is 21.6 Å². The monoisotopic (exact) mass is 578 g/mol. The summed E-state index contributed by atoms with van der Waals surface area (Å²) in [5.41, 5.74) is 2.00. The molecule has 1 aliphatic heterocycles. The Morgan fingerprint density at radius 3 is 2.41 bits per heavy atom. The van der Waals surface area contributed by atoms with Gasteiger partial charge >= 0.3 is 0 Å². The van der Waals surface area contributed by atoms with E-state index in [9.17, 15) is 21.6 Å². The Morgan fingerprint density at radius 1 is 1.08 bits per heavy atom. The highest BCUT2D eigenvalue weighted by molar-refractivity contribution is 7.91. The summed E-state index contributed by atoms with van der Waals surface area (Å²) in [5.74, 6) is -1.03. The number of carbonyl (C=O) groups is 1. The lowest BCUT2D eigenvalue weighted by Gasteiger charge is -2.14. The Labute approximate surface area is 223 Å². The van der Waals surface area contributed by atoms with E-state index in [0.717, 1.165) is 6.26 Å². The van der Waals surface area contributed by atoms with Crippen LogP contribution in [-0.4, -0.2) is 61.1 Å². The van der Waals surface area contributed by atoms with E-state index in [0.29, 0.717) is 32.4 Å². The summed E-state index contributed by atoms with van der Waals surface area (Å²) >= 11 is 12.6. The highest BCUT2D eigenvalue weighted by Crippen LogP contribution is 2.37. The Balaban J connectivity index is 1.78. The summed E-state index contributed by atoms with van der Waals surface area (Å²) in [5, 5.41) is 7.45. The Kier molecular flexibility index (Phi) is 6.51. The van der Waals surface area contributed by atoms with Gasteiger partial charge in [-0.1, -0.05) is 53.5 Å². The molecular weight excluding hydrogens is 559 g/mol. The van der Waals surface area contributed by atoms with E-state index in [1.54, 1.807) is 48.5 Å². The molecule has 5 rings (SSSR count). The minimum atomic E-state index is -3.99. The summed E-state index contributed by atoms with van der Waals surface area (Å²) in [4.78, 5) is 17.8. The first-order valence-electron chi connectivity index (χ1n) is 11.1. The van der Waals surface area contributed by atoms with Crippen molar-refractivity contribution in [2.75, 3.05) is 17.8 Å². The van der Waals surface area contributed by atoms with Gasteiger partial charge in [-0.05, 0) is 24.6 Å². The van der Waals surface area contributed by atoms with E-state index in [4.69, 9.17) is 23.2 Å². The summed E-state index contributed by atoms with van der Waals surface area (Å²) in [7, 11) is -7.26. The van der Waals surface area contributed by atoms with Gasteiger partial charge in [0, 0.05) is 45.2 Å². The first-order chi connectivity index (χ1) is 17.4. The van der Waals surface area contributed by atoms with Crippen LogP contribution in [0, 0.1) is 0 Å². The van der Waals surface area contributed by atoms with Crippen molar-refractivity contribution in [3.05, 3.63) is 70.3 Å². The standard InChI is InChI=1S/C24H20Cl2N4O5S2/c1-36(32,33)24-20(23(31)28-16-10-11-37(34,35)13-16)22-27-12-18(17-4-2-3-5-19(17)26)21(30(22)29-24)14-6-8-15(25)9-7-14/h2-9,12,16H,10-11,13H2,1H3,(H,28,31). The number of benzene rings is 2. The zero-order valence-corrected chi connectivity index (χ0v) is 22.5. The summed E-state index contributed by atoms with van der Waals surface area (Å²) in [6.07, 6.45) is 2.69. The Bertz CT molecular complexity index is 1770. The Hall–Kier alpha value is -2.99. The highest BCUT2D eigenvalue weighted by Gasteiger charge is 2.34. The molecule has 1 unspecified atom stereocenters. The number of carbonyl (C=O) groups excluding carboxylic acids is 1. The normalized spacial score (nSPS) is 17.2. The molecule has 3 heterocycles. The van der Waals surface area contributed by atoms with Crippen LogP contribution in [0.2, 0.25) is 10.0 Å². The van der Waals surface area contributed by atoms with Crippen molar-refractivity contribution in [3.8, 4) is 22.4 Å². The number of fused-ring (bicyclic) bond motifs is 1. The fraction of sp³-hybridized carbons (Fsp3) is 0.208. The molecule has 2 aromatic heterocycles. The van der Waals surface area contributed by atoms with Crippen LogP contribution in [0.5, 0.6) is 0 Å². The van der Waals surface area contributed by atoms with Crippen LogP contribution < -0.4 is 5.32 Å². The van der Waals surface area contributed by atoms with Gasteiger partial charge in [-0.25, -0.2) is 26.3 Å². The minimum absolute atomic E-state index is 0.000433. The third-order valence-electron chi connectivity index (χ3n) is 6.04. The number of halogens is 2. The number of amides is 1. The fourth-order valence-electron chi connectivity index (χ4n) is 4.35. The third kappa shape index (κ3) is 4.96. The molecule has 1 aliphatic rings. The molecule has 1 atom stereocenters. The molecule has 13 heteroatoms. The van der Waals surface area contributed by atoms with Gasteiger partial charge in [-0.15, -0.1) is 0 Å². The average molecular weight is 579 g/mol. The van der Waals surface area contributed by atoms with E-state index in [1.165, 1.54) is 10.7 Å². The predicted molar refractivity (Wildman–Crippen MR) is 142 cm³/mol. The second-order valence-electron chi connectivity index (χ2n) is 8.77. The molecule has 0 aliphatic carbocycles. The SMILES string of the molecule is CS(=O)(=O)c1nn2c(-c3ccc(Cl)cc3)c(-c3ccccc3Cl)cnc2c1C(=O)NC1CCS(=O)(=O)C1. The molecule has 2 aromatic carbocycles. The molecule has 9 nitrogen and oxygen atoms in total. The van der Waals surface area contributed by atoms with Gasteiger partial charge < -0.3 is 5.32 Å². The van der Waals surface area contributed by atoms with Gasteiger partial charge in [-0.2, -0.15) is 5.10 Å². The van der Waals surface area contributed by atoms with Crippen molar-refractivity contribution in [1.82, 2.24) is 19.9 Å². The van der Waals surface area contributed by atoms with Crippen LogP contribution in [0.4, 0.5) is 0 Å². The lowest BCUT2D eigenvalue weighted by Crippen LogP contribution is -2.36. The summed E-state index contributed by atoms with van der Waals surface area (Å²) < 4.78 is 50.6. The zero-order valence-electron chi connectivity index (χ0n) is 19.4. The molecule has 192 valence electrons. The number of hydrogen-bond acceptors (Lipinski definition) is 7. The largest absolute Gasteiger partial charge is 0.348 e. The van der Waals surface area contributed by atoms with Gasteiger partial charge in [0.05, 0.1) is 17.2 Å². The summed E-state index contributed by atoms with van der Waals surface area (Å²) in [6, 6.07) is 13.3. The minimum Gasteiger partial charge on any atom is -0.348 e. The van der Waals surface area contributed by atoms with Crippen LogP contribution in [0.3, 0.4) is 0 Å². The lowest BCUT2D eigenvalue weighted by atomic mass is 10.0. The van der Waals surface area contributed by atoms with Crippen LogP contribution in [0.1, 0.15) is 16.8 Å². The predicted octanol–water partition coefficient (Wildman–Crippen LogP) is 3.69. The molecule has 1 N–H and O–H groups in total. The molecule has 1 saturated heterocycles. The van der Waals surface area contributed by atoms with Gasteiger partial charge in [0.2, 0.25) is 0 Å². The molecule has 37 heavy (non-hydrogen) atoms. The van der Waals surface area contributed by atoms with Crippen molar-refractivity contribution in [2.24, 2.45) is 0 Å². The number of nitrogens with one attached hydrogen (secondary N) is 1. The van der Waals surface area contributed by atoms with Gasteiger partial charge in [0.1, 0.15) is 5.56 Å². The number of sulfone groups is 2. The molecule has 0 bridgehead atoms. The van der Waals surface area contributed by atoms with E-state index in [1.807, 2.05) is 0 Å². The van der Waals surface area contributed by atoms with Crippen LogP contribution >= 0.6 is 23.2 Å². The lowest BCUT2D eigenvalue weighted by molar-refractivity contribution is 0.0939. The number of aromatic nitrogens is 3. The first kappa shape index (κ1) is 25.7. The average Bonchev–Trinajstić information content (AvgIpc) is 3.39. The number of hydrogen-bond donors (Lipinski definition) is 1. The van der Waals surface area contributed by atoms with Crippen molar-refractivity contribution >= 4 is 54.4 Å². The quantitative estimate of drug-likeness (QED) is 0.382. The smallest absolute Gasteiger partial charge is 0.258 e. The van der Waals surface area contributed by atoms with Gasteiger partial charge in [-0.3, -0.25) is 4.79 Å². The fourth-order valence-corrected chi connectivity index (χ4v) is 7.17. The molecule has 1 fully saturated rings. The maximum absolute atomic E-state index is 13.4. The van der Waals surface area contributed by atoms with Gasteiger partial charge in [0.25, 0.3) is 5.91 Å². The molecule has 0 radical (unpaired) electrons. The Morgan fingerprint density at radius 2 is 1.78 bits per heavy atom. The number of nitrogens with zero attached hydrogens (tertiary/aromatic N) is 3. The topological polar surface area (TPSA) is 128 Å². The first-order valence-corrected chi connectivity index (χ1v) is 15.6. The van der Waals surface area contributed by atoms with Crippen molar-refractivity contribution in [1.29, 1.82) is 0 Å². The van der Waals surface area contributed by atoms with E-state index in [2.05, 4.69) is 15.4 Å². The van der Waals surface area contributed by atoms with Crippen LogP contribution in [0.15, 0.2) is 59.8 Å². The van der Waals surface area contributed by atoms with E-state index >= 15 is 0 Å². The molecule has 0 saturated carbocycles. The van der Waals surface area contributed by atoms with Crippen LogP contribution in [0.25, 0.3) is 28.0 Å². The molecule has 1 amide bonds. The number of rotatable bonds is 5. The van der Waals surface area contributed by atoms with E-state index in [-0.39, 0.29) is 29.1 Å². The van der Waals surface area contributed by atoms with Gasteiger partial charge in [0.15, 0.2) is 30.3 Å². The van der Waals surface area contributed by atoms with Crippen molar-refractivity contribution in [2.45, 2.75) is 17.5 Å².